The smallest absolute Gasteiger partial charge is 0.140 e. The Kier molecular flexibility index (Phi) is 8.50. The summed E-state index contributed by atoms with van der Waals surface area (Å²) in [7, 11) is 3.18. The van der Waals surface area contributed by atoms with Gasteiger partial charge in [-0.3, -0.25) is 0 Å². The topological polar surface area (TPSA) is 27.7 Å². The van der Waals surface area contributed by atoms with Crippen LogP contribution in [0.15, 0.2) is 98.5 Å². The van der Waals surface area contributed by atoms with Gasteiger partial charge in [0.05, 0.1) is 14.2 Å². The Morgan fingerprint density at radius 3 is 1.34 bits per heavy atom. The van der Waals surface area contributed by atoms with E-state index in [4.69, 9.17) is 14.2 Å². The van der Waals surface area contributed by atoms with Crippen molar-refractivity contribution in [2.45, 2.75) is 25.0 Å². The molecule has 0 aliphatic rings. The second kappa shape index (κ2) is 11.1. The van der Waals surface area contributed by atoms with Crippen molar-refractivity contribution in [3.05, 3.63) is 121 Å². The zero-order valence-corrected chi connectivity index (χ0v) is 17.4. The Balaban J connectivity index is 2.34. The van der Waals surface area contributed by atoms with Crippen LogP contribution in [0.1, 0.15) is 34.5 Å². The molecule has 0 N–H and O–H groups in total. The molecule has 2 aromatic carbocycles. The minimum Gasteiger partial charge on any atom is -0.499 e. The average molecular weight is 391 g/mol. The minimum absolute atomic E-state index is 0.470. The van der Waals surface area contributed by atoms with E-state index >= 15 is 0 Å². The molecule has 0 aliphatic heterocycles. The fourth-order valence-corrected chi connectivity index (χ4v) is 3.02. The summed E-state index contributed by atoms with van der Waals surface area (Å²) in [6, 6.07) is 16.3. The molecule has 0 radical (unpaired) electrons. The third-order valence-corrected chi connectivity index (χ3v) is 4.71. The van der Waals surface area contributed by atoms with Crippen LogP contribution in [0.2, 0.25) is 0 Å². The predicted octanol–water partition coefficient (Wildman–Crippen LogP) is 6.26. The van der Waals surface area contributed by atoms with Crippen LogP contribution in [0.5, 0.6) is 0 Å². The Hall–Kier alpha value is -3.04. The summed E-state index contributed by atoms with van der Waals surface area (Å²) in [5.41, 5.74) is 4.26. The standard InChI is InChI=1S/C26H30O3/c1-7-9-21-11-15-23(16-12-21)25(19(3)27-5)29-26(20(4)28-6)24-17-13-22(10-8-2)14-18-24/h7-8,11-18,25-26H,1-4,9-10H2,5-6H3. The van der Waals surface area contributed by atoms with Gasteiger partial charge in [-0.15, -0.1) is 13.2 Å². The number of methoxy groups -OCH3 is 2. The maximum atomic E-state index is 6.44. The SMILES string of the molecule is C=CCc1ccc(C(OC(C(=C)OC)c2ccc(CC=C)cc2)C(=C)OC)cc1. The molecule has 2 aromatic rings. The summed E-state index contributed by atoms with van der Waals surface area (Å²) in [6.45, 7) is 15.6. The molecule has 2 atom stereocenters. The molecule has 0 bridgehead atoms. The van der Waals surface area contributed by atoms with Crippen LogP contribution in [0.25, 0.3) is 0 Å². The third-order valence-electron chi connectivity index (χ3n) is 4.71. The summed E-state index contributed by atoms with van der Waals surface area (Å²) in [5.74, 6) is 1.03. The van der Waals surface area contributed by atoms with Crippen LogP contribution in [0.4, 0.5) is 0 Å². The molecule has 0 aliphatic carbocycles. The molecule has 152 valence electrons. The summed E-state index contributed by atoms with van der Waals surface area (Å²) >= 11 is 0. The number of benzene rings is 2. The van der Waals surface area contributed by atoms with Crippen LogP contribution in [-0.2, 0) is 27.1 Å². The van der Waals surface area contributed by atoms with Gasteiger partial charge < -0.3 is 14.2 Å². The van der Waals surface area contributed by atoms with Gasteiger partial charge in [-0.25, -0.2) is 0 Å². The molecule has 3 heteroatoms. The number of ether oxygens (including phenoxy) is 3. The molecular weight excluding hydrogens is 360 g/mol. The Bertz CT molecular complexity index is 760. The fourth-order valence-electron chi connectivity index (χ4n) is 3.02. The van der Waals surface area contributed by atoms with Crippen molar-refractivity contribution in [1.82, 2.24) is 0 Å². The van der Waals surface area contributed by atoms with Gasteiger partial charge in [0, 0.05) is 0 Å². The Labute approximate surface area is 174 Å². The Morgan fingerprint density at radius 2 is 1.07 bits per heavy atom. The van der Waals surface area contributed by atoms with Crippen LogP contribution in [0.3, 0.4) is 0 Å². The minimum atomic E-state index is -0.470. The number of hydrogen-bond acceptors (Lipinski definition) is 3. The van der Waals surface area contributed by atoms with Crippen molar-refractivity contribution in [2.24, 2.45) is 0 Å². The number of rotatable bonds is 12. The van der Waals surface area contributed by atoms with Crippen LogP contribution in [0, 0.1) is 0 Å². The molecule has 0 aromatic heterocycles. The summed E-state index contributed by atoms with van der Waals surface area (Å²) in [6.07, 6.45) is 4.45. The van der Waals surface area contributed by atoms with Crippen molar-refractivity contribution in [1.29, 1.82) is 0 Å². The van der Waals surface area contributed by atoms with Gasteiger partial charge in [0.15, 0.2) is 0 Å². The first-order valence-corrected chi connectivity index (χ1v) is 9.54. The lowest BCUT2D eigenvalue weighted by atomic mass is 10.0. The van der Waals surface area contributed by atoms with E-state index in [1.807, 2.05) is 36.4 Å². The van der Waals surface area contributed by atoms with Crippen LogP contribution >= 0.6 is 0 Å². The summed E-state index contributed by atoms with van der Waals surface area (Å²) in [4.78, 5) is 0. The molecule has 29 heavy (non-hydrogen) atoms. The monoisotopic (exact) mass is 390 g/mol. The van der Waals surface area contributed by atoms with Crippen molar-refractivity contribution in [3.63, 3.8) is 0 Å². The second-order valence-corrected chi connectivity index (χ2v) is 6.71. The average Bonchev–Trinajstić information content (AvgIpc) is 2.75. The highest BCUT2D eigenvalue weighted by atomic mass is 16.6. The second-order valence-electron chi connectivity index (χ2n) is 6.71. The largest absolute Gasteiger partial charge is 0.499 e. The summed E-state index contributed by atoms with van der Waals surface area (Å²) < 4.78 is 17.3. The third kappa shape index (κ3) is 5.97. The predicted molar refractivity (Wildman–Crippen MR) is 120 cm³/mol. The number of allylic oxidation sites excluding steroid dienone is 2. The van der Waals surface area contributed by atoms with E-state index in [2.05, 4.69) is 50.6 Å². The van der Waals surface area contributed by atoms with Gasteiger partial charge in [-0.2, -0.15) is 0 Å². The molecule has 0 fully saturated rings. The van der Waals surface area contributed by atoms with Gasteiger partial charge >= 0.3 is 0 Å². The normalized spacial score (nSPS) is 12.5. The first-order valence-electron chi connectivity index (χ1n) is 9.54. The quantitative estimate of drug-likeness (QED) is 0.316. The lowest BCUT2D eigenvalue weighted by Gasteiger charge is -2.27. The zero-order chi connectivity index (χ0) is 21.2. The van der Waals surface area contributed by atoms with E-state index in [9.17, 15) is 0 Å². The molecule has 0 amide bonds. The highest BCUT2D eigenvalue weighted by Gasteiger charge is 2.26. The van der Waals surface area contributed by atoms with Gasteiger partial charge in [-0.1, -0.05) is 73.8 Å². The van der Waals surface area contributed by atoms with Gasteiger partial charge in [-0.05, 0) is 35.1 Å². The zero-order valence-electron chi connectivity index (χ0n) is 17.4. The fraction of sp³-hybridized carbons (Fsp3) is 0.231. The lowest BCUT2D eigenvalue weighted by molar-refractivity contribution is -0.0244. The first-order chi connectivity index (χ1) is 14.0. The van der Waals surface area contributed by atoms with Gasteiger partial charge in [0.2, 0.25) is 0 Å². The molecule has 0 saturated carbocycles. The lowest BCUT2D eigenvalue weighted by Crippen LogP contribution is -2.15. The summed E-state index contributed by atoms with van der Waals surface area (Å²) in [5, 5.41) is 0. The first kappa shape index (κ1) is 22.3. The van der Waals surface area contributed by atoms with Crippen molar-refractivity contribution < 1.29 is 14.2 Å². The van der Waals surface area contributed by atoms with Gasteiger partial charge in [0.25, 0.3) is 0 Å². The molecule has 0 spiro atoms. The van der Waals surface area contributed by atoms with Crippen LogP contribution in [-0.4, -0.2) is 14.2 Å². The van der Waals surface area contributed by atoms with Gasteiger partial charge in [0.1, 0.15) is 23.7 Å². The van der Waals surface area contributed by atoms with E-state index in [1.165, 1.54) is 11.1 Å². The van der Waals surface area contributed by atoms with Crippen molar-refractivity contribution in [2.75, 3.05) is 14.2 Å². The highest BCUT2D eigenvalue weighted by Crippen LogP contribution is 2.35. The van der Waals surface area contributed by atoms with E-state index in [0.717, 1.165) is 24.0 Å². The maximum Gasteiger partial charge on any atom is 0.140 e. The van der Waals surface area contributed by atoms with E-state index in [-0.39, 0.29) is 0 Å². The van der Waals surface area contributed by atoms with Crippen LogP contribution < -0.4 is 0 Å². The van der Waals surface area contributed by atoms with E-state index in [0.29, 0.717) is 11.5 Å². The molecular formula is C26H30O3. The number of hydrogen-bond donors (Lipinski definition) is 0. The molecule has 3 nitrogen and oxygen atoms in total. The van der Waals surface area contributed by atoms with Crippen molar-refractivity contribution >= 4 is 0 Å². The molecule has 2 rings (SSSR count). The highest BCUT2D eigenvalue weighted by molar-refractivity contribution is 5.31. The van der Waals surface area contributed by atoms with Crippen molar-refractivity contribution in [3.8, 4) is 0 Å². The molecule has 2 unspecified atom stereocenters. The molecule has 0 saturated heterocycles. The van der Waals surface area contributed by atoms with E-state index < -0.39 is 12.2 Å². The Morgan fingerprint density at radius 1 is 0.724 bits per heavy atom. The van der Waals surface area contributed by atoms with E-state index in [1.54, 1.807) is 14.2 Å². The molecule has 0 heterocycles. The maximum absolute atomic E-state index is 6.44.